The Morgan fingerprint density at radius 2 is 1.84 bits per heavy atom. The van der Waals surface area contributed by atoms with E-state index < -0.39 is 5.97 Å². The Morgan fingerprint density at radius 1 is 1.09 bits per heavy atom. The van der Waals surface area contributed by atoms with Crippen LogP contribution in [0.1, 0.15) is 21.5 Å². The van der Waals surface area contributed by atoms with Gasteiger partial charge in [-0.15, -0.1) is 0 Å². The van der Waals surface area contributed by atoms with E-state index in [1.807, 2.05) is 48.5 Å². The molecule has 1 heterocycles. The fourth-order valence-corrected chi connectivity index (χ4v) is 4.22. The van der Waals surface area contributed by atoms with E-state index in [9.17, 15) is 14.7 Å². The summed E-state index contributed by atoms with van der Waals surface area (Å²) in [6.45, 7) is 0. The molecule has 1 aliphatic rings. The minimum absolute atomic E-state index is 0.0686. The van der Waals surface area contributed by atoms with Gasteiger partial charge < -0.3 is 9.84 Å². The monoisotopic (exact) mass is 509 g/mol. The predicted molar refractivity (Wildman–Crippen MR) is 129 cm³/mol. The van der Waals surface area contributed by atoms with Crippen LogP contribution < -0.4 is 9.64 Å². The summed E-state index contributed by atoms with van der Waals surface area (Å²) in [4.78, 5) is 26.5. The molecule has 4 rings (SSSR count). The molecule has 0 aromatic heterocycles. The van der Waals surface area contributed by atoms with Crippen molar-refractivity contribution in [1.29, 1.82) is 0 Å². The standard InChI is InChI=1S/C25H17BrClNO4/c1-32-23-10-7-15(12-20(23)26)11-17-13-22(16-5-3-2-4-6-16)28(24(17)29)18-8-9-21(27)19(14-18)25(30)31/h2-14H,1H3,(H,30,31)/b17-11+. The van der Waals surface area contributed by atoms with Gasteiger partial charge >= 0.3 is 5.97 Å². The van der Waals surface area contributed by atoms with Gasteiger partial charge in [-0.05, 0) is 69.5 Å². The smallest absolute Gasteiger partial charge is 0.337 e. The molecule has 0 spiro atoms. The number of carbonyl (C=O) groups is 2. The van der Waals surface area contributed by atoms with Crippen molar-refractivity contribution in [3.8, 4) is 5.75 Å². The highest BCUT2D eigenvalue weighted by molar-refractivity contribution is 9.10. The van der Waals surface area contributed by atoms with Crippen LogP contribution in [0.2, 0.25) is 5.02 Å². The highest BCUT2D eigenvalue weighted by Crippen LogP contribution is 2.37. The van der Waals surface area contributed by atoms with E-state index >= 15 is 0 Å². The summed E-state index contributed by atoms with van der Waals surface area (Å²) >= 11 is 9.50. The van der Waals surface area contributed by atoms with Crippen LogP contribution in [-0.4, -0.2) is 24.1 Å². The van der Waals surface area contributed by atoms with E-state index in [1.165, 1.54) is 17.0 Å². The molecule has 0 aliphatic carbocycles. The Balaban J connectivity index is 1.83. The van der Waals surface area contributed by atoms with Gasteiger partial charge in [0.1, 0.15) is 5.75 Å². The summed E-state index contributed by atoms with van der Waals surface area (Å²) < 4.78 is 6.04. The fraction of sp³-hybridized carbons (Fsp3) is 0.0400. The van der Waals surface area contributed by atoms with Gasteiger partial charge in [-0.2, -0.15) is 0 Å². The van der Waals surface area contributed by atoms with E-state index in [0.717, 1.165) is 15.6 Å². The van der Waals surface area contributed by atoms with Crippen molar-refractivity contribution in [2.24, 2.45) is 0 Å². The molecule has 160 valence electrons. The number of halogens is 2. The largest absolute Gasteiger partial charge is 0.496 e. The molecule has 3 aromatic carbocycles. The van der Waals surface area contributed by atoms with Crippen LogP contribution in [0.3, 0.4) is 0 Å². The molecule has 1 N–H and O–H groups in total. The average Bonchev–Trinajstić information content (AvgIpc) is 3.10. The Kier molecular flexibility index (Phi) is 6.17. The van der Waals surface area contributed by atoms with Crippen molar-refractivity contribution < 1.29 is 19.4 Å². The number of amides is 1. The van der Waals surface area contributed by atoms with E-state index in [4.69, 9.17) is 16.3 Å². The molecule has 0 saturated heterocycles. The molecule has 0 bridgehead atoms. The molecule has 3 aromatic rings. The lowest BCUT2D eigenvalue weighted by Crippen LogP contribution is -2.25. The Labute approximate surface area is 198 Å². The molecule has 1 aliphatic heterocycles. The van der Waals surface area contributed by atoms with Crippen molar-refractivity contribution in [3.05, 3.63) is 105 Å². The van der Waals surface area contributed by atoms with Crippen LogP contribution in [0.15, 0.2) is 82.9 Å². The van der Waals surface area contributed by atoms with Gasteiger partial charge in [-0.25, -0.2) is 4.79 Å². The lowest BCUT2D eigenvalue weighted by Gasteiger charge is -2.21. The Hall–Kier alpha value is -3.35. The zero-order valence-corrected chi connectivity index (χ0v) is 19.2. The first-order chi connectivity index (χ1) is 15.4. The number of carbonyl (C=O) groups excluding carboxylic acids is 1. The van der Waals surface area contributed by atoms with Crippen LogP contribution in [0, 0.1) is 0 Å². The lowest BCUT2D eigenvalue weighted by molar-refractivity contribution is -0.113. The number of carboxylic acid groups (broad SMARTS) is 1. The number of anilines is 1. The molecule has 32 heavy (non-hydrogen) atoms. The average molecular weight is 511 g/mol. The van der Waals surface area contributed by atoms with Crippen molar-refractivity contribution in [3.63, 3.8) is 0 Å². The van der Waals surface area contributed by atoms with Gasteiger partial charge in [0, 0.05) is 5.57 Å². The Bertz CT molecular complexity index is 1280. The maximum absolute atomic E-state index is 13.5. The number of ether oxygens (including phenoxy) is 1. The van der Waals surface area contributed by atoms with E-state index in [-0.39, 0.29) is 16.5 Å². The first-order valence-corrected chi connectivity index (χ1v) is 10.8. The Morgan fingerprint density at radius 3 is 2.50 bits per heavy atom. The third-order valence-corrected chi connectivity index (χ3v) is 5.94. The molecule has 0 unspecified atom stereocenters. The minimum atomic E-state index is -1.16. The highest BCUT2D eigenvalue weighted by atomic mass is 79.9. The molecule has 7 heteroatoms. The van der Waals surface area contributed by atoms with Gasteiger partial charge in [0.05, 0.1) is 33.6 Å². The molecule has 5 nitrogen and oxygen atoms in total. The number of benzene rings is 3. The number of carboxylic acids is 1. The third kappa shape index (κ3) is 4.20. The topological polar surface area (TPSA) is 66.8 Å². The van der Waals surface area contributed by atoms with Gasteiger partial charge in [0.15, 0.2) is 0 Å². The van der Waals surface area contributed by atoms with Gasteiger partial charge in [0.2, 0.25) is 0 Å². The highest BCUT2D eigenvalue weighted by Gasteiger charge is 2.31. The van der Waals surface area contributed by atoms with Crippen LogP contribution >= 0.6 is 27.5 Å². The van der Waals surface area contributed by atoms with Crippen LogP contribution in [0.25, 0.3) is 11.8 Å². The number of hydrogen-bond donors (Lipinski definition) is 1. The maximum Gasteiger partial charge on any atom is 0.337 e. The summed E-state index contributed by atoms with van der Waals surface area (Å²) in [6, 6.07) is 19.5. The molecule has 0 saturated carbocycles. The zero-order valence-electron chi connectivity index (χ0n) is 16.9. The zero-order chi connectivity index (χ0) is 22.8. The van der Waals surface area contributed by atoms with Gasteiger partial charge in [-0.1, -0.05) is 48.0 Å². The van der Waals surface area contributed by atoms with Crippen molar-refractivity contribution >= 4 is 56.9 Å². The second-order valence-corrected chi connectivity index (χ2v) is 8.26. The first kappa shape index (κ1) is 21.9. The van der Waals surface area contributed by atoms with Crippen LogP contribution in [-0.2, 0) is 4.79 Å². The number of methoxy groups -OCH3 is 1. The predicted octanol–water partition coefficient (Wildman–Crippen LogP) is 6.28. The number of nitrogens with zero attached hydrogens (tertiary/aromatic N) is 1. The van der Waals surface area contributed by atoms with Gasteiger partial charge in [-0.3, -0.25) is 9.69 Å². The normalized spacial score (nSPS) is 14.6. The van der Waals surface area contributed by atoms with E-state index in [1.54, 1.807) is 25.3 Å². The second kappa shape index (κ2) is 9.02. The summed E-state index contributed by atoms with van der Waals surface area (Å²) in [6.07, 6.45) is 3.58. The van der Waals surface area contributed by atoms with Crippen LogP contribution in [0.4, 0.5) is 5.69 Å². The van der Waals surface area contributed by atoms with Crippen LogP contribution in [0.5, 0.6) is 5.75 Å². The summed E-state index contributed by atoms with van der Waals surface area (Å²) in [5.41, 5.74) is 3.11. The summed E-state index contributed by atoms with van der Waals surface area (Å²) in [5.74, 6) is -0.739. The summed E-state index contributed by atoms with van der Waals surface area (Å²) in [5, 5.41) is 9.58. The molecular formula is C25H17BrClNO4. The van der Waals surface area contributed by atoms with Crippen molar-refractivity contribution in [1.82, 2.24) is 0 Å². The number of aromatic carboxylic acids is 1. The first-order valence-electron chi connectivity index (χ1n) is 9.58. The fourth-order valence-electron chi connectivity index (χ4n) is 3.46. The van der Waals surface area contributed by atoms with Crippen molar-refractivity contribution in [2.75, 3.05) is 12.0 Å². The van der Waals surface area contributed by atoms with E-state index in [0.29, 0.717) is 22.7 Å². The quantitative estimate of drug-likeness (QED) is 0.410. The number of hydrogen-bond acceptors (Lipinski definition) is 3. The van der Waals surface area contributed by atoms with Gasteiger partial charge in [0.25, 0.3) is 5.91 Å². The molecule has 0 radical (unpaired) electrons. The summed E-state index contributed by atoms with van der Waals surface area (Å²) in [7, 11) is 1.59. The lowest BCUT2D eigenvalue weighted by atomic mass is 10.1. The number of rotatable bonds is 5. The molecule has 1 amide bonds. The molecule has 0 atom stereocenters. The van der Waals surface area contributed by atoms with E-state index in [2.05, 4.69) is 15.9 Å². The minimum Gasteiger partial charge on any atom is -0.496 e. The second-order valence-electron chi connectivity index (χ2n) is 7.00. The van der Waals surface area contributed by atoms with Crippen molar-refractivity contribution in [2.45, 2.75) is 0 Å². The SMILES string of the molecule is COc1ccc(/C=C2\C=C(c3ccccc3)N(c3ccc(Cl)c(C(=O)O)c3)C2=O)cc1Br. The molecular weight excluding hydrogens is 494 g/mol. The third-order valence-electron chi connectivity index (χ3n) is 4.99. The molecule has 0 fully saturated rings. The maximum atomic E-state index is 13.5.